The van der Waals surface area contributed by atoms with Gasteiger partial charge < -0.3 is 4.57 Å². The third-order valence-corrected chi connectivity index (χ3v) is 5.92. The van der Waals surface area contributed by atoms with Gasteiger partial charge in [0.1, 0.15) is 0 Å². The van der Waals surface area contributed by atoms with Crippen LogP contribution in [0.1, 0.15) is 16.7 Å². The number of fused-ring (bicyclic) bond motifs is 1. The van der Waals surface area contributed by atoms with Crippen LogP contribution in [-0.4, -0.2) is 10.8 Å². The highest BCUT2D eigenvalue weighted by Gasteiger charge is 2.07. The van der Waals surface area contributed by atoms with E-state index in [4.69, 9.17) is 0 Å². The summed E-state index contributed by atoms with van der Waals surface area (Å²) < 4.78 is 4.66. The molecule has 3 nitrogen and oxygen atoms in total. The number of halogens is 1. The van der Waals surface area contributed by atoms with Gasteiger partial charge in [-0.1, -0.05) is 59.9 Å². The smallest absolute Gasteiger partial charge is 0.211 e. The quantitative estimate of drug-likeness (QED) is 0.206. The monoisotopic (exact) mass is 483 g/mol. The molecule has 0 amide bonds. The van der Waals surface area contributed by atoms with E-state index in [9.17, 15) is 0 Å². The van der Waals surface area contributed by atoms with Crippen LogP contribution in [0.5, 0.6) is 0 Å². The fourth-order valence-electron chi connectivity index (χ4n) is 2.91. The molecule has 27 heavy (non-hydrogen) atoms. The molecule has 5 heteroatoms. The minimum absolute atomic E-state index is 0.779. The zero-order chi connectivity index (χ0) is 18.6. The predicted octanol–water partition coefficient (Wildman–Crippen LogP) is 5.60. The van der Waals surface area contributed by atoms with Crippen molar-refractivity contribution in [3.63, 3.8) is 0 Å². The molecule has 0 bridgehead atoms. The Morgan fingerprint density at radius 1 is 1.00 bits per heavy atom. The van der Waals surface area contributed by atoms with Crippen molar-refractivity contribution in [1.82, 2.24) is 4.57 Å². The molecule has 0 fully saturated rings. The Balaban J connectivity index is 1.77. The summed E-state index contributed by atoms with van der Waals surface area (Å²) in [7, 11) is 0. The lowest BCUT2D eigenvalue weighted by atomic mass is 10.2. The van der Waals surface area contributed by atoms with Crippen molar-refractivity contribution < 1.29 is 0 Å². The molecule has 134 valence electrons. The zero-order valence-electron chi connectivity index (χ0n) is 14.8. The highest BCUT2D eigenvalue weighted by Crippen LogP contribution is 2.20. The molecular weight excluding hydrogens is 465 g/mol. The van der Waals surface area contributed by atoms with Crippen LogP contribution in [0.15, 0.2) is 83.0 Å². The summed E-state index contributed by atoms with van der Waals surface area (Å²) in [5.74, 6) is 0. The molecule has 3 aromatic carbocycles. The molecule has 1 heterocycles. The lowest BCUT2D eigenvalue weighted by molar-refractivity contribution is 0.789. The fourth-order valence-corrected chi connectivity index (χ4v) is 4.56. The average Bonchev–Trinajstić information content (AvgIpc) is 2.99. The van der Waals surface area contributed by atoms with Crippen molar-refractivity contribution in [3.8, 4) is 0 Å². The van der Waals surface area contributed by atoms with Gasteiger partial charge in [0.05, 0.1) is 23.0 Å². The number of thiazole rings is 1. The molecule has 4 rings (SSSR count). The van der Waals surface area contributed by atoms with Gasteiger partial charge in [0.2, 0.25) is 4.80 Å². The molecule has 4 aromatic rings. The summed E-state index contributed by atoms with van der Waals surface area (Å²) >= 11 is 3.98. The lowest BCUT2D eigenvalue weighted by Crippen LogP contribution is -2.15. The number of aryl methyl sites for hydroxylation is 1. The third-order valence-electron chi connectivity index (χ3n) is 4.22. The molecule has 0 aliphatic carbocycles. The molecule has 0 saturated carbocycles. The van der Waals surface area contributed by atoms with Crippen molar-refractivity contribution >= 4 is 50.4 Å². The molecule has 0 N–H and O–H groups in total. The Morgan fingerprint density at radius 3 is 2.67 bits per heavy atom. The molecule has 0 aliphatic heterocycles. The van der Waals surface area contributed by atoms with Crippen LogP contribution in [0.3, 0.4) is 0 Å². The van der Waals surface area contributed by atoms with Crippen molar-refractivity contribution in [1.29, 1.82) is 0 Å². The van der Waals surface area contributed by atoms with Gasteiger partial charge in [-0.3, -0.25) is 0 Å². The van der Waals surface area contributed by atoms with E-state index in [1.54, 1.807) is 11.3 Å². The van der Waals surface area contributed by atoms with Crippen LogP contribution < -0.4 is 4.80 Å². The number of hydrogen-bond donors (Lipinski definition) is 0. The second kappa shape index (κ2) is 8.19. The molecule has 0 saturated heterocycles. The van der Waals surface area contributed by atoms with Gasteiger partial charge in [-0.15, -0.1) is 5.10 Å². The summed E-state index contributed by atoms with van der Waals surface area (Å²) in [6.45, 7) is 2.90. The normalized spacial score (nSPS) is 12.3. The molecule has 0 unspecified atom stereocenters. The van der Waals surface area contributed by atoms with Gasteiger partial charge >= 0.3 is 0 Å². The lowest BCUT2D eigenvalue weighted by Gasteiger charge is -2.05. The highest BCUT2D eigenvalue weighted by atomic mass is 127. The van der Waals surface area contributed by atoms with Gasteiger partial charge in [0, 0.05) is 3.57 Å². The zero-order valence-corrected chi connectivity index (χ0v) is 17.8. The number of nitrogens with zero attached hydrogens (tertiary/aromatic N) is 3. The van der Waals surface area contributed by atoms with E-state index >= 15 is 0 Å². The number of aromatic nitrogens is 1. The molecule has 0 aliphatic rings. The number of benzene rings is 3. The second-order valence-corrected chi connectivity index (χ2v) is 8.58. The van der Waals surface area contributed by atoms with Crippen molar-refractivity contribution in [2.24, 2.45) is 10.2 Å². The number of rotatable bonds is 4. The topological polar surface area (TPSA) is 29.6 Å². The van der Waals surface area contributed by atoms with E-state index in [2.05, 4.69) is 98.9 Å². The first-order valence-corrected chi connectivity index (χ1v) is 10.6. The highest BCUT2D eigenvalue weighted by molar-refractivity contribution is 14.1. The first kappa shape index (κ1) is 18.1. The van der Waals surface area contributed by atoms with Crippen LogP contribution >= 0.6 is 33.9 Å². The molecular formula is C22H18IN3S. The minimum atomic E-state index is 0.779. The van der Waals surface area contributed by atoms with E-state index < -0.39 is 0 Å². The van der Waals surface area contributed by atoms with Crippen molar-refractivity contribution in [2.75, 3.05) is 0 Å². The van der Waals surface area contributed by atoms with Gasteiger partial charge in [-0.25, -0.2) is 0 Å². The van der Waals surface area contributed by atoms with E-state index in [0.717, 1.165) is 16.9 Å². The van der Waals surface area contributed by atoms with Gasteiger partial charge in [-0.2, -0.15) is 5.10 Å². The Kier molecular flexibility index (Phi) is 5.50. The third kappa shape index (κ3) is 4.36. The van der Waals surface area contributed by atoms with Crippen molar-refractivity contribution in [2.45, 2.75) is 13.5 Å². The Bertz CT molecular complexity index is 1170. The Labute approximate surface area is 175 Å². The molecule has 1 aromatic heterocycles. The summed E-state index contributed by atoms with van der Waals surface area (Å²) in [5.41, 5.74) is 4.75. The predicted molar refractivity (Wildman–Crippen MR) is 122 cm³/mol. The van der Waals surface area contributed by atoms with E-state index in [0.29, 0.717) is 0 Å². The first-order valence-electron chi connectivity index (χ1n) is 8.65. The number of hydrogen-bond acceptors (Lipinski definition) is 3. The van der Waals surface area contributed by atoms with Crippen LogP contribution in [0.4, 0.5) is 0 Å². The van der Waals surface area contributed by atoms with Crippen LogP contribution in [-0.2, 0) is 6.54 Å². The van der Waals surface area contributed by atoms with E-state index in [1.807, 2.05) is 24.4 Å². The van der Waals surface area contributed by atoms with Gasteiger partial charge in [-0.05, 0) is 70.5 Å². The second-order valence-electron chi connectivity index (χ2n) is 6.33. The van der Waals surface area contributed by atoms with Crippen LogP contribution in [0.25, 0.3) is 10.2 Å². The maximum absolute atomic E-state index is 4.54. The van der Waals surface area contributed by atoms with Crippen LogP contribution in [0.2, 0.25) is 0 Å². The van der Waals surface area contributed by atoms with E-state index in [1.165, 1.54) is 24.9 Å². The minimum Gasteiger partial charge on any atom is -0.311 e. The summed E-state index contributed by atoms with van der Waals surface area (Å²) in [5, 5.41) is 8.90. The summed E-state index contributed by atoms with van der Waals surface area (Å²) in [6, 6.07) is 25.2. The Morgan fingerprint density at radius 2 is 1.85 bits per heavy atom. The van der Waals surface area contributed by atoms with Gasteiger partial charge in [0.25, 0.3) is 0 Å². The first-order chi connectivity index (χ1) is 13.2. The standard InChI is InChI=1S/C22H18IN3S/c1-16-10-11-20-21(12-16)27-22(26(20)15-17-6-3-2-4-7-17)25-24-14-18-8-5-9-19(23)13-18/h2-14H,15H2,1H3. The largest absolute Gasteiger partial charge is 0.311 e. The summed E-state index contributed by atoms with van der Waals surface area (Å²) in [4.78, 5) is 0.904. The van der Waals surface area contributed by atoms with Gasteiger partial charge in [0.15, 0.2) is 0 Å². The fraction of sp³-hybridized carbons (Fsp3) is 0.0909. The van der Waals surface area contributed by atoms with Crippen molar-refractivity contribution in [3.05, 3.63) is 97.9 Å². The SMILES string of the molecule is Cc1ccc2c(c1)sc(=NN=Cc1cccc(I)c1)n2Cc1ccccc1. The molecule has 0 atom stereocenters. The summed E-state index contributed by atoms with van der Waals surface area (Å²) in [6.07, 6.45) is 1.81. The molecule has 0 spiro atoms. The Hall–Kier alpha value is -2.25. The maximum Gasteiger partial charge on any atom is 0.211 e. The average molecular weight is 483 g/mol. The maximum atomic E-state index is 4.54. The molecule has 0 radical (unpaired) electrons. The van der Waals surface area contributed by atoms with Crippen LogP contribution in [0, 0.1) is 10.5 Å². The van der Waals surface area contributed by atoms with E-state index in [-0.39, 0.29) is 0 Å².